The van der Waals surface area contributed by atoms with E-state index in [1.807, 2.05) is 18.2 Å². The van der Waals surface area contributed by atoms with Crippen LogP contribution >= 0.6 is 11.3 Å². The Bertz CT molecular complexity index is 572. The van der Waals surface area contributed by atoms with Crippen molar-refractivity contribution in [3.05, 3.63) is 46.9 Å². The second-order valence-electron chi connectivity index (χ2n) is 4.41. The average molecular weight is 258 g/mol. The van der Waals surface area contributed by atoms with E-state index < -0.39 is 0 Å². The molecular formula is C16H18OS. The summed E-state index contributed by atoms with van der Waals surface area (Å²) in [6, 6.07) is 8.27. The van der Waals surface area contributed by atoms with Gasteiger partial charge < -0.3 is 0 Å². The third-order valence-corrected chi connectivity index (χ3v) is 4.21. The predicted octanol–water partition coefficient (Wildman–Crippen LogP) is 4.76. The molecule has 0 bridgehead atoms. The Balaban J connectivity index is 2.19. The maximum Gasteiger partial charge on any atom is 0.160 e. The molecule has 0 fully saturated rings. The Morgan fingerprint density at radius 3 is 2.67 bits per heavy atom. The van der Waals surface area contributed by atoms with Crippen molar-refractivity contribution in [2.75, 3.05) is 0 Å². The number of benzene rings is 1. The molecule has 0 unspecified atom stereocenters. The highest BCUT2D eigenvalue weighted by molar-refractivity contribution is 7.17. The van der Waals surface area contributed by atoms with E-state index in [1.165, 1.54) is 15.7 Å². The van der Waals surface area contributed by atoms with Crippen LogP contribution < -0.4 is 0 Å². The van der Waals surface area contributed by atoms with Crippen LogP contribution in [0.2, 0.25) is 0 Å². The third-order valence-electron chi connectivity index (χ3n) is 3.20. The lowest BCUT2D eigenvalue weighted by Crippen LogP contribution is -1.99. The van der Waals surface area contributed by atoms with Gasteiger partial charge in [0.15, 0.2) is 5.78 Å². The van der Waals surface area contributed by atoms with Crippen LogP contribution in [0.5, 0.6) is 0 Å². The number of fused-ring (bicyclic) bond motifs is 1. The van der Waals surface area contributed by atoms with E-state index in [1.54, 1.807) is 11.3 Å². The van der Waals surface area contributed by atoms with Gasteiger partial charge in [0.25, 0.3) is 0 Å². The Labute approximate surface area is 112 Å². The van der Waals surface area contributed by atoms with Crippen molar-refractivity contribution in [2.24, 2.45) is 0 Å². The molecule has 94 valence electrons. The first kappa shape index (κ1) is 13.0. The largest absolute Gasteiger partial charge is 0.294 e. The van der Waals surface area contributed by atoms with E-state index in [-0.39, 0.29) is 5.78 Å². The summed E-state index contributed by atoms with van der Waals surface area (Å²) >= 11 is 1.71. The van der Waals surface area contributed by atoms with Gasteiger partial charge in [0.1, 0.15) is 0 Å². The molecule has 0 aliphatic carbocycles. The monoisotopic (exact) mass is 258 g/mol. The van der Waals surface area contributed by atoms with Crippen molar-refractivity contribution < 1.29 is 4.79 Å². The van der Waals surface area contributed by atoms with Crippen LogP contribution in [0.1, 0.15) is 32.3 Å². The lowest BCUT2D eigenvalue weighted by molar-refractivity contribution is -0.114. The van der Waals surface area contributed by atoms with Crippen LogP contribution in [0.3, 0.4) is 0 Å². The van der Waals surface area contributed by atoms with Gasteiger partial charge in [-0.15, -0.1) is 11.3 Å². The van der Waals surface area contributed by atoms with Crippen LogP contribution in [0.25, 0.3) is 10.1 Å². The minimum Gasteiger partial charge on any atom is -0.294 e. The van der Waals surface area contributed by atoms with Gasteiger partial charge in [0.2, 0.25) is 0 Å². The molecule has 0 saturated heterocycles. The van der Waals surface area contributed by atoms with Gasteiger partial charge in [-0.1, -0.05) is 37.6 Å². The van der Waals surface area contributed by atoms with Crippen molar-refractivity contribution >= 4 is 27.2 Å². The zero-order valence-electron chi connectivity index (χ0n) is 10.9. The van der Waals surface area contributed by atoms with Crippen LogP contribution in [0.15, 0.2) is 41.3 Å². The molecule has 1 aromatic carbocycles. The predicted molar refractivity (Wildman–Crippen MR) is 79.2 cm³/mol. The van der Waals surface area contributed by atoms with E-state index in [4.69, 9.17) is 0 Å². The van der Waals surface area contributed by atoms with Crippen molar-refractivity contribution in [1.82, 2.24) is 0 Å². The molecule has 1 nitrogen and oxygen atoms in total. The van der Waals surface area contributed by atoms with Gasteiger partial charge in [0, 0.05) is 11.1 Å². The number of hydrogen-bond acceptors (Lipinski definition) is 2. The molecule has 0 aliphatic rings. The van der Waals surface area contributed by atoms with Crippen molar-refractivity contribution in [1.29, 1.82) is 0 Å². The van der Waals surface area contributed by atoms with Crippen molar-refractivity contribution in [2.45, 2.75) is 33.1 Å². The summed E-state index contributed by atoms with van der Waals surface area (Å²) in [4.78, 5) is 12.0. The first-order valence-corrected chi connectivity index (χ1v) is 7.30. The molecule has 2 aromatic rings. The lowest BCUT2D eigenvalue weighted by Gasteiger charge is -2.00. The zero-order valence-corrected chi connectivity index (χ0v) is 11.7. The topological polar surface area (TPSA) is 17.1 Å². The van der Waals surface area contributed by atoms with Gasteiger partial charge in [-0.25, -0.2) is 0 Å². The van der Waals surface area contributed by atoms with Crippen molar-refractivity contribution in [3.8, 4) is 0 Å². The molecule has 0 amide bonds. The zero-order chi connectivity index (χ0) is 13.0. The molecular weight excluding hydrogens is 240 g/mol. The fraction of sp³-hybridized carbons (Fsp3) is 0.312. The number of thiophene rings is 1. The van der Waals surface area contributed by atoms with Crippen LogP contribution in [0.4, 0.5) is 0 Å². The Kier molecular flexibility index (Phi) is 4.32. The van der Waals surface area contributed by atoms with Crippen LogP contribution in [-0.2, 0) is 11.2 Å². The van der Waals surface area contributed by atoms with E-state index in [2.05, 4.69) is 31.4 Å². The molecule has 0 N–H and O–H groups in total. The first-order valence-electron chi connectivity index (χ1n) is 6.42. The molecule has 0 atom stereocenters. The Morgan fingerprint density at radius 2 is 1.94 bits per heavy atom. The molecule has 0 saturated carbocycles. The van der Waals surface area contributed by atoms with E-state index >= 15 is 0 Å². The summed E-state index contributed by atoms with van der Waals surface area (Å²) in [5.74, 6) is 0.220. The van der Waals surface area contributed by atoms with Gasteiger partial charge in [-0.05, 0) is 41.3 Å². The maximum absolute atomic E-state index is 12.0. The summed E-state index contributed by atoms with van der Waals surface area (Å²) < 4.78 is 1.26. The fourth-order valence-corrected chi connectivity index (χ4v) is 3.05. The maximum atomic E-state index is 12.0. The Morgan fingerprint density at radius 1 is 1.22 bits per heavy atom. The lowest BCUT2D eigenvalue weighted by atomic mass is 10.0. The number of allylic oxidation sites excluding steroid dienone is 2. The van der Waals surface area contributed by atoms with E-state index in [9.17, 15) is 4.79 Å². The SMILES string of the molecule is CCC(=CC(=O)Cc1csc2ccccc12)CC. The number of carbonyl (C=O) groups excluding carboxylic acids is 1. The molecule has 0 spiro atoms. The fourth-order valence-electron chi connectivity index (χ4n) is 2.09. The van der Waals surface area contributed by atoms with Gasteiger partial charge in [0.05, 0.1) is 0 Å². The number of ketones is 1. The highest BCUT2D eigenvalue weighted by Gasteiger charge is 2.07. The average Bonchev–Trinajstić information content (AvgIpc) is 2.79. The summed E-state index contributed by atoms with van der Waals surface area (Å²) in [5.41, 5.74) is 2.39. The van der Waals surface area contributed by atoms with Crippen molar-refractivity contribution in [3.63, 3.8) is 0 Å². The highest BCUT2D eigenvalue weighted by atomic mass is 32.1. The van der Waals surface area contributed by atoms with E-state index in [0.29, 0.717) is 6.42 Å². The van der Waals surface area contributed by atoms with Crippen LogP contribution in [-0.4, -0.2) is 5.78 Å². The molecule has 1 aromatic heterocycles. The quantitative estimate of drug-likeness (QED) is 0.707. The van der Waals surface area contributed by atoms with E-state index in [0.717, 1.165) is 18.4 Å². The highest BCUT2D eigenvalue weighted by Crippen LogP contribution is 2.26. The number of hydrogen-bond donors (Lipinski definition) is 0. The molecule has 18 heavy (non-hydrogen) atoms. The van der Waals surface area contributed by atoms with Gasteiger partial charge >= 0.3 is 0 Å². The third kappa shape index (κ3) is 2.88. The second-order valence-corrected chi connectivity index (χ2v) is 5.32. The van der Waals surface area contributed by atoms with Crippen LogP contribution in [0, 0.1) is 0 Å². The molecule has 0 aliphatic heterocycles. The molecule has 2 heteroatoms. The summed E-state index contributed by atoms with van der Waals surface area (Å²) in [7, 11) is 0. The Hall–Kier alpha value is -1.41. The smallest absolute Gasteiger partial charge is 0.160 e. The normalized spacial score (nSPS) is 10.6. The minimum atomic E-state index is 0.220. The summed E-state index contributed by atoms with van der Waals surface area (Å²) in [5, 5.41) is 3.33. The number of rotatable bonds is 5. The first-order chi connectivity index (χ1) is 8.74. The number of carbonyl (C=O) groups is 1. The standard InChI is InChI=1S/C16H18OS/c1-3-12(4-2)9-14(17)10-13-11-18-16-8-6-5-7-15(13)16/h5-9,11H,3-4,10H2,1-2H3. The summed E-state index contributed by atoms with van der Waals surface area (Å²) in [6.45, 7) is 4.20. The second kappa shape index (κ2) is 5.96. The van der Waals surface area contributed by atoms with Gasteiger partial charge in [-0.3, -0.25) is 4.79 Å². The molecule has 0 radical (unpaired) electrons. The molecule has 1 heterocycles. The summed E-state index contributed by atoms with van der Waals surface area (Å²) in [6.07, 6.45) is 4.28. The molecule has 2 rings (SSSR count). The van der Waals surface area contributed by atoms with Gasteiger partial charge in [-0.2, -0.15) is 0 Å². The minimum absolute atomic E-state index is 0.220.